The van der Waals surface area contributed by atoms with Gasteiger partial charge in [0.05, 0.1) is 6.54 Å². The molecule has 1 fully saturated rings. The van der Waals surface area contributed by atoms with Crippen LogP contribution in [0.2, 0.25) is 0 Å². The molecule has 0 bridgehead atoms. The zero-order chi connectivity index (χ0) is 16.0. The van der Waals surface area contributed by atoms with Gasteiger partial charge in [0, 0.05) is 26.2 Å². The van der Waals surface area contributed by atoms with Crippen molar-refractivity contribution in [2.75, 3.05) is 39.8 Å². The van der Waals surface area contributed by atoms with Gasteiger partial charge in [-0.2, -0.15) is 5.11 Å². The third kappa shape index (κ3) is 2.34. The van der Waals surface area contributed by atoms with Crippen molar-refractivity contribution < 1.29 is 4.79 Å². The maximum atomic E-state index is 13.0. The van der Waals surface area contributed by atoms with Gasteiger partial charge in [0.25, 0.3) is 5.91 Å². The summed E-state index contributed by atoms with van der Waals surface area (Å²) in [5.41, 5.74) is 3.28. The molecule has 0 spiro atoms. The van der Waals surface area contributed by atoms with E-state index in [1.807, 2.05) is 22.0 Å². The van der Waals surface area contributed by atoms with E-state index in [4.69, 9.17) is 0 Å². The van der Waals surface area contributed by atoms with Gasteiger partial charge in [0.1, 0.15) is 6.04 Å². The minimum Gasteiger partial charge on any atom is -0.338 e. The molecule has 0 saturated carbocycles. The van der Waals surface area contributed by atoms with E-state index in [2.05, 4.69) is 41.0 Å². The average Bonchev–Trinajstić information content (AvgIpc) is 2.99. The highest BCUT2D eigenvalue weighted by molar-refractivity contribution is 5.84. The Kier molecular flexibility index (Phi) is 3.41. The third-order valence-corrected chi connectivity index (χ3v) is 4.99. The molecule has 0 aromatic heterocycles. The molecule has 2 atom stereocenters. The van der Waals surface area contributed by atoms with E-state index < -0.39 is 6.04 Å². The molecule has 1 aromatic rings. The summed E-state index contributed by atoms with van der Waals surface area (Å²) in [7, 11) is 2.09. The first-order chi connectivity index (χ1) is 11.1. The molecular formula is C17H21N5O. The minimum atomic E-state index is -0.437. The number of amides is 1. The fourth-order valence-corrected chi connectivity index (χ4v) is 3.62. The van der Waals surface area contributed by atoms with E-state index in [1.54, 1.807) is 0 Å². The smallest absolute Gasteiger partial charge is 0.252 e. The second-order valence-corrected chi connectivity index (χ2v) is 6.51. The highest BCUT2D eigenvalue weighted by Crippen LogP contribution is 2.41. The molecule has 0 aliphatic carbocycles. The Morgan fingerprint density at radius 2 is 1.96 bits per heavy atom. The first-order valence-electron chi connectivity index (χ1n) is 8.07. The van der Waals surface area contributed by atoms with Gasteiger partial charge in [0.15, 0.2) is 6.04 Å². The van der Waals surface area contributed by atoms with Crippen LogP contribution in [0.15, 0.2) is 41.2 Å². The summed E-state index contributed by atoms with van der Waals surface area (Å²) in [6.07, 6.45) is 0. The lowest BCUT2D eigenvalue weighted by Gasteiger charge is -2.37. The lowest BCUT2D eigenvalue weighted by atomic mass is 9.87. The molecule has 1 saturated heterocycles. The molecule has 120 valence electrons. The summed E-state index contributed by atoms with van der Waals surface area (Å²) >= 11 is 0. The number of piperazine rings is 1. The molecule has 0 N–H and O–H groups in total. The van der Waals surface area contributed by atoms with Gasteiger partial charge in [-0.25, -0.2) is 0 Å². The van der Waals surface area contributed by atoms with Crippen LogP contribution >= 0.6 is 0 Å². The molecule has 3 heterocycles. The molecule has 6 heteroatoms. The van der Waals surface area contributed by atoms with Crippen LogP contribution in [0.25, 0.3) is 5.57 Å². The molecule has 1 amide bonds. The predicted octanol–water partition coefficient (Wildman–Crippen LogP) is 1.58. The lowest BCUT2D eigenvalue weighted by molar-refractivity contribution is -0.135. The van der Waals surface area contributed by atoms with Crippen LogP contribution in [0.3, 0.4) is 0 Å². The fourth-order valence-electron chi connectivity index (χ4n) is 3.62. The number of likely N-dealkylation sites (N-methyl/N-ethyl adjacent to an activating group) is 1. The van der Waals surface area contributed by atoms with E-state index in [9.17, 15) is 4.79 Å². The second-order valence-electron chi connectivity index (χ2n) is 6.51. The largest absolute Gasteiger partial charge is 0.338 e. The van der Waals surface area contributed by atoms with Crippen LogP contribution in [0.5, 0.6) is 0 Å². The topological polar surface area (TPSA) is 51.5 Å². The van der Waals surface area contributed by atoms with Crippen molar-refractivity contribution >= 4 is 11.5 Å². The number of carbonyl (C=O) groups excluding carboxylic acids is 1. The Hall–Kier alpha value is -2.21. The van der Waals surface area contributed by atoms with Gasteiger partial charge in [-0.05, 0) is 23.7 Å². The molecule has 0 radical (unpaired) electrons. The Balaban J connectivity index is 1.62. The van der Waals surface area contributed by atoms with E-state index in [1.165, 1.54) is 0 Å². The summed E-state index contributed by atoms with van der Waals surface area (Å²) in [5, 5.41) is 10.5. The Morgan fingerprint density at radius 3 is 2.74 bits per heavy atom. The van der Waals surface area contributed by atoms with E-state index >= 15 is 0 Å². The Morgan fingerprint density at radius 1 is 1.22 bits per heavy atom. The lowest BCUT2D eigenvalue weighted by Crippen LogP contribution is -2.51. The first-order valence-corrected chi connectivity index (χ1v) is 8.07. The number of carbonyl (C=O) groups is 1. The van der Waals surface area contributed by atoms with Crippen molar-refractivity contribution in [2.24, 2.45) is 10.3 Å². The van der Waals surface area contributed by atoms with Crippen LogP contribution in [0.4, 0.5) is 0 Å². The summed E-state index contributed by atoms with van der Waals surface area (Å²) in [4.78, 5) is 17.1. The van der Waals surface area contributed by atoms with Gasteiger partial charge in [-0.3, -0.25) is 9.80 Å². The van der Waals surface area contributed by atoms with Crippen molar-refractivity contribution in [3.63, 3.8) is 0 Å². The van der Waals surface area contributed by atoms with Crippen LogP contribution in [0, 0.1) is 0 Å². The summed E-state index contributed by atoms with van der Waals surface area (Å²) in [6.45, 7) is 8.14. The highest BCUT2D eigenvalue weighted by atomic mass is 16.2. The van der Waals surface area contributed by atoms with Gasteiger partial charge < -0.3 is 9.80 Å². The fraction of sp³-hybridized carbons (Fsp3) is 0.471. The molecule has 6 nitrogen and oxygen atoms in total. The highest BCUT2D eigenvalue weighted by Gasteiger charge is 2.44. The molecule has 1 aromatic carbocycles. The summed E-state index contributed by atoms with van der Waals surface area (Å²) < 4.78 is 0. The molecule has 3 aliphatic heterocycles. The number of nitrogens with zero attached hydrogens (tertiary/aromatic N) is 5. The van der Waals surface area contributed by atoms with Crippen LogP contribution in [-0.4, -0.2) is 66.5 Å². The van der Waals surface area contributed by atoms with Crippen molar-refractivity contribution in [3.05, 3.63) is 42.0 Å². The SMILES string of the molecule is C=C1CN2N=N[C@@H](C(=O)N3CCN(C)CC3)[C@@H]2c2ccccc21. The third-order valence-electron chi connectivity index (χ3n) is 4.99. The number of benzene rings is 1. The predicted molar refractivity (Wildman–Crippen MR) is 87.6 cm³/mol. The second kappa shape index (κ2) is 5.45. The quantitative estimate of drug-likeness (QED) is 0.791. The zero-order valence-corrected chi connectivity index (χ0v) is 13.4. The van der Waals surface area contributed by atoms with Crippen molar-refractivity contribution in [1.29, 1.82) is 0 Å². The Bertz CT molecular complexity index is 677. The van der Waals surface area contributed by atoms with Crippen LogP contribution < -0.4 is 0 Å². The monoisotopic (exact) mass is 311 g/mol. The maximum absolute atomic E-state index is 13.0. The number of fused-ring (bicyclic) bond motifs is 3. The standard InChI is InChI=1S/C17H21N5O/c1-12-11-22-16(14-6-4-3-5-13(12)14)15(18-19-22)17(23)21-9-7-20(2)8-10-21/h3-6,15-16H,1,7-11H2,2H3/t15-,16+/m1/s1. The van der Waals surface area contributed by atoms with Crippen molar-refractivity contribution in [3.8, 4) is 0 Å². The maximum Gasteiger partial charge on any atom is 0.252 e. The first kappa shape index (κ1) is 14.4. The van der Waals surface area contributed by atoms with Gasteiger partial charge in [0.2, 0.25) is 0 Å². The molecule has 0 unspecified atom stereocenters. The van der Waals surface area contributed by atoms with Crippen molar-refractivity contribution in [1.82, 2.24) is 14.8 Å². The minimum absolute atomic E-state index is 0.0937. The van der Waals surface area contributed by atoms with E-state index in [-0.39, 0.29) is 11.9 Å². The number of hydrogen-bond acceptors (Lipinski definition) is 5. The van der Waals surface area contributed by atoms with Crippen LogP contribution in [0.1, 0.15) is 17.2 Å². The number of hydrogen-bond donors (Lipinski definition) is 0. The van der Waals surface area contributed by atoms with E-state index in [0.29, 0.717) is 6.54 Å². The van der Waals surface area contributed by atoms with Gasteiger partial charge in [-0.15, -0.1) is 0 Å². The van der Waals surface area contributed by atoms with Gasteiger partial charge >= 0.3 is 0 Å². The molecular weight excluding hydrogens is 290 g/mol. The average molecular weight is 311 g/mol. The van der Waals surface area contributed by atoms with E-state index in [0.717, 1.165) is 42.9 Å². The number of rotatable bonds is 1. The molecule has 3 aliphatic rings. The molecule has 4 rings (SSSR count). The summed E-state index contributed by atoms with van der Waals surface area (Å²) in [6, 6.07) is 7.63. The normalized spacial score (nSPS) is 27.1. The van der Waals surface area contributed by atoms with Crippen molar-refractivity contribution in [2.45, 2.75) is 12.1 Å². The zero-order valence-electron chi connectivity index (χ0n) is 13.4. The molecule has 23 heavy (non-hydrogen) atoms. The van der Waals surface area contributed by atoms with Gasteiger partial charge in [-0.1, -0.05) is 36.1 Å². The Labute approximate surface area is 136 Å². The van der Waals surface area contributed by atoms with Crippen LogP contribution in [-0.2, 0) is 4.79 Å². The summed E-state index contributed by atoms with van der Waals surface area (Å²) in [5.74, 6) is 0.0941.